The molecule has 0 spiro atoms. The number of rotatable bonds is 5. The molecule has 1 fully saturated rings. The highest BCUT2D eigenvalue weighted by molar-refractivity contribution is 5.14. The minimum atomic E-state index is 0.466. The van der Waals surface area contributed by atoms with Crippen molar-refractivity contribution in [3.63, 3.8) is 0 Å². The molecular weight excluding hydrogens is 198 g/mol. The molecule has 1 radical (unpaired) electrons. The Labute approximate surface area is 98.0 Å². The molecule has 1 heterocycles. The molecule has 0 amide bonds. The van der Waals surface area contributed by atoms with Gasteiger partial charge in [-0.3, -0.25) is 0 Å². The summed E-state index contributed by atoms with van der Waals surface area (Å²) in [4.78, 5) is 0. The van der Waals surface area contributed by atoms with Gasteiger partial charge >= 0.3 is 0 Å². The summed E-state index contributed by atoms with van der Waals surface area (Å²) in [6.07, 6.45) is 4.94. The summed E-state index contributed by atoms with van der Waals surface area (Å²) < 4.78 is 5.84. The maximum atomic E-state index is 5.84. The van der Waals surface area contributed by atoms with Gasteiger partial charge in [0.25, 0.3) is 0 Å². The Hall–Kier alpha value is -0.860. The molecule has 2 heteroatoms. The largest absolute Gasteiger partial charge is 0.378 e. The van der Waals surface area contributed by atoms with Crippen LogP contribution in [0, 0.1) is 0 Å². The van der Waals surface area contributed by atoms with Gasteiger partial charge in [-0.1, -0.05) is 30.3 Å². The third-order valence-electron chi connectivity index (χ3n) is 3.02. The molecule has 0 aliphatic carbocycles. The van der Waals surface area contributed by atoms with Gasteiger partial charge in [0.05, 0.1) is 6.10 Å². The van der Waals surface area contributed by atoms with Gasteiger partial charge in [0.15, 0.2) is 0 Å². The molecule has 0 aromatic heterocycles. The van der Waals surface area contributed by atoms with Crippen LogP contribution in [0.15, 0.2) is 30.3 Å². The molecule has 87 valence electrons. The zero-order valence-electron chi connectivity index (χ0n) is 9.77. The fraction of sp³-hybridized carbons (Fsp3) is 0.571. The second kappa shape index (κ2) is 6.66. The van der Waals surface area contributed by atoms with Gasteiger partial charge in [-0.15, -0.1) is 0 Å². The number of benzene rings is 1. The van der Waals surface area contributed by atoms with Crippen LogP contribution in [0.5, 0.6) is 0 Å². The van der Waals surface area contributed by atoms with Gasteiger partial charge in [0, 0.05) is 19.7 Å². The van der Waals surface area contributed by atoms with E-state index in [2.05, 4.69) is 35.6 Å². The first-order valence-corrected chi connectivity index (χ1v) is 6.24. The fourth-order valence-corrected chi connectivity index (χ4v) is 2.06. The van der Waals surface area contributed by atoms with E-state index in [4.69, 9.17) is 4.74 Å². The number of hydrogen-bond donors (Lipinski definition) is 0. The van der Waals surface area contributed by atoms with Crippen LogP contribution in [0.4, 0.5) is 0 Å². The number of ether oxygens (including phenoxy) is 1. The summed E-state index contributed by atoms with van der Waals surface area (Å²) in [5.41, 5.74) is 1.41. The molecule has 0 bridgehead atoms. The van der Waals surface area contributed by atoms with Crippen LogP contribution in [-0.2, 0) is 11.2 Å². The van der Waals surface area contributed by atoms with Crippen molar-refractivity contribution >= 4 is 0 Å². The van der Waals surface area contributed by atoms with Crippen LogP contribution in [0.1, 0.15) is 24.8 Å². The Bertz CT molecular complexity index is 280. The number of aryl methyl sites for hydroxylation is 1. The van der Waals surface area contributed by atoms with Crippen LogP contribution in [0.2, 0.25) is 0 Å². The quantitative estimate of drug-likeness (QED) is 0.696. The predicted octanol–water partition coefficient (Wildman–Crippen LogP) is 2.40. The molecule has 0 saturated carbocycles. The van der Waals surface area contributed by atoms with Gasteiger partial charge in [-0.05, 0) is 31.2 Å². The molecule has 16 heavy (non-hydrogen) atoms. The first-order chi connectivity index (χ1) is 7.95. The van der Waals surface area contributed by atoms with Crippen LogP contribution in [-0.4, -0.2) is 25.8 Å². The van der Waals surface area contributed by atoms with Crippen molar-refractivity contribution in [3.8, 4) is 0 Å². The Morgan fingerprint density at radius 2 is 1.88 bits per heavy atom. The first kappa shape index (κ1) is 11.6. The second-order valence-electron chi connectivity index (χ2n) is 4.33. The van der Waals surface area contributed by atoms with Gasteiger partial charge in [-0.25, -0.2) is 5.32 Å². The monoisotopic (exact) mass is 218 g/mol. The molecule has 2 rings (SSSR count). The summed E-state index contributed by atoms with van der Waals surface area (Å²) in [5, 5.41) is 4.32. The number of nitrogens with zero attached hydrogens (tertiary/aromatic N) is 1. The SMILES string of the molecule is c1ccc(CCCOC2CC[N]CC2)cc1. The summed E-state index contributed by atoms with van der Waals surface area (Å²) in [7, 11) is 0. The van der Waals surface area contributed by atoms with Crippen molar-refractivity contribution in [1.29, 1.82) is 0 Å². The molecule has 0 atom stereocenters. The Morgan fingerprint density at radius 3 is 2.62 bits per heavy atom. The van der Waals surface area contributed by atoms with Crippen LogP contribution in [0.3, 0.4) is 0 Å². The Morgan fingerprint density at radius 1 is 1.12 bits per heavy atom. The summed E-state index contributed by atoms with van der Waals surface area (Å²) in [6.45, 7) is 2.87. The molecule has 1 saturated heterocycles. The highest BCUT2D eigenvalue weighted by Crippen LogP contribution is 2.09. The van der Waals surface area contributed by atoms with E-state index in [-0.39, 0.29) is 0 Å². The summed E-state index contributed by atoms with van der Waals surface area (Å²) >= 11 is 0. The minimum Gasteiger partial charge on any atom is -0.378 e. The zero-order chi connectivity index (χ0) is 11.1. The highest BCUT2D eigenvalue weighted by Gasteiger charge is 2.13. The fourth-order valence-electron chi connectivity index (χ4n) is 2.06. The molecule has 1 aliphatic rings. The van der Waals surface area contributed by atoms with Gasteiger partial charge in [0.2, 0.25) is 0 Å². The maximum Gasteiger partial charge on any atom is 0.0600 e. The van der Waals surface area contributed by atoms with Crippen LogP contribution >= 0.6 is 0 Å². The lowest BCUT2D eigenvalue weighted by Crippen LogP contribution is -2.28. The molecular formula is C14H20NO. The normalized spacial score (nSPS) is 17.5. The predicted molar refractivity (Wildman–Crippen MR) is 65.6 cm³/mol. The number of piperidine rings is 1. The third-order valence-corrected chi connectivity index (χ3v) is 3.02. The van der Waals surface area contributed by atoms with Gasteiger partial charge in [0.1, 0.15) is 0 Å². The Balaban J connectivity index is 1.58. The molecule has 2 nitrogen and oxygen atoms in total. The number of hydrogen-bond acceptors (Lipinski definition) is 1. The molecule has 1 aliphatic heterocycles. The highest BCUT2D eigenvalue weighted by atomic mass is 16.5. The van der Waals surface area contributed by atoms with Crippen molar-refractivity contribution in [1.82, 2.24) is 5.32 Å². The van der Waals surface area contributed by atoms with Crippen molar-refractivity contribution in [3.05, 3.63) is 35.9 Å². The smallest absolute Gasteiger partial charge is 0.0600 e. The second-order valence-corrected chi connectivity index (χ2v) is 4.33. The molecule has 1 aromatic carbocycles. The summed E-state index contributed by atoms with van der Waals surface area (Å²) in [6, 6.07) is 10.6. The lowest BCUT2D eigenvalue weighted by Gasteiger charge is -2.21. The maximum absolute atomic E-state index is 5.84. The lowest BCUT2D eigenvalue weighted by molar-refractivity contribution is 0.0312. The van der Waals surface area contributed by atoms with E-state index in [1.54, 1.807) is 0 Å². The zero-order valence-corrected chi connectivity index (χ0v) is 9.77. The standard InChI is InChI=1S/C14H20NO/c1-2-5-13(6-3-1)7-4-12-16-14-8-10-15-11-9-14/h1-3,5-6,14H,4,7-12H2. The van der Waals surface area contributed by atoms with E-state index in [1.807, 2.05) is 0 Å². The molecule has 1 aromatic rings. The molecule has 0 N–H and O–H groups in total. The van der Waals surface area contributed by atoms with Crippen molar-refractivity contribution < 1.29 is 4.74 Å². The Kier molecular flexibility index (Phi) is 4.84. The van der Waals surface area contributed by atoms with E-state index >= 15 is 0 Å². The van der Waals surface area contributed by atoms with E-state index in [0.717, 1.165) is 45.4 Å². The van der Waals surface area contributed by atoms with Crippen molar-refractivity contribution in [2.45, 2.75) is 31.8 Å². The minimum absolute atomic E-state index is 0.466. The van der Waals surface area contributed by atoms with Crippen molar-refractivity contribution in [2.24, 2.45) is 0 Å². The van der Waals surface area contributed by atoms with E-state index < -0.39 is 0 Å². The van der Waals surface area contributed by atoms with E-state index in [0.29, 0.717) is 6.10 Å². The van der Waals surface area contributed by atoms with Gasteiger partial charge in [-0.2, -0.15) is 0 Å². The average molecular weight is 218 g/mol. The van der Waals surface area contributed by atoms with Gasteiger partial charge < -0.3 is 4.74 Å². The van der Waals surface area contributed by atoms with E-state index in [1.165, 1.54) is 5.56 Å². The lowest BCUT2D eigenvalue weighted by atomic mass is 10.1. The van der Waals surface area contributed by atoms with Crippen molar-refractivity contribution in [2.75, 3.05) is 19.7 Å². The van der Waals surface area contributed by atoms with E-state index in [9.17, 15) is 0 Å². The third kappa shape index (κ3) is 3.95. The average Bonchev–Trinajstić information content (AvgIpc) is 2.37. The summed E-state index contributed by atoms with van der Waals surface area (Å²) in [5.74, 6) is 0. The van der Waals surface area contributed by atoms with Crippen LogP contribution in [0.25, 0.3) is 0 Å². The molecule has 0 unspecified atom stereocenters. The topological polar surface area (TPSA) is 23.3 Å². The first-order valence-electron chi connectivity index (χ1n) is 6.24. The van der Waals surface area contributed by atoms with Crippen LogP contribution < -0.4 is 5.32 Å².